The Morgan fingerprint density at radius 2 is 1.07 bits per heavy atom. The maximum Gasteiger partial charge on any atom is 0.332 e. The highest BCUT2D eigenvalue weighted by atomic mass is 35.5. The molecule has 0 amide bonds. The van der Waals surface area contributed by atoms with Crippen LogP contribution in [0, 0.1) is 0 Å². The van der Waals surface area contributed by atoms with E-state index >= 15 is 0 Å². The van der Waals surface area contributed by atoms with Crippen molar-refractivity contribution in [2.45, 2.75) is 38.7 Å². The van der Waals surface area contributed by atoms with E-state index in [1.165, 1.54) is 6.92 Å². The van der Waals surface area contributed by atoms with Gasteiger partial charge in [-0.1, -0.05) is 36.0 Å². The molecule has 0 radical (unpaired) electrons. The molecule has 12 N–H and O–H groups in total. The number of carbonyl (C=O) groups is 1. The van der Waals surface area contributed by atoms with Gasteiger partial charge in [0.1, 0.15) is 6.10 Å². The van der Waals surface area contributed by atoms with Crippen molar-refractivity contribution in [2.24, 2.45) is 42.9 Å². The molecule has 218 valence electrons. The first kappa shape index (κ1) is 34.0. The molecular formula is C25H36Cl2N10O3. The summed E-state index contributed by atoms with van der Waals surface area (Å²) in [5, 5.41) is 22.9. The number of nitrogens with one attached hydrogen (secondary N) is 2. The number of aliphatic hydroxyl groups excluding tert-OH is 1. The quantitative estimate of drug-likeness (QED) is 0.114. The Bertz CT molecular complexity index is 1080. The highest BCUT2D eigenvalue weighted by molar-refractivity contribution is 6.31. The van der Waals surface area contributed by atoms with Crippen molar-refractivity contribution in [2.75, 3.05) is 23.7 Å². The van der Waals surface area contributed by atoms with E-state index in [0.29, 0.717) is 23.1 Å². The number of aliphatic hydroxyl groups is 1. The van der Waals surface area contributed by atoms with Crippen LogP contribution in [0.3, 0.4) is 0 Å². The summed E-state index contributed by atoms with van der Waals surface area (Å²) in [6.07, 6.45) is 2.45. The average molecular weight is 596 g/mol. The molecule has 0 bridgehead atoms. The van der Waals surface area contributed by atoms with Gasteiger partial charge in [0.25, 0.3) is 0 Å². The maximum absolute atomic E-state index is 9.45. The summed E-state index contributed by atoms with van der Waals surface area (Å²) in [4.78, 5) is 25.9. The lowest BCUT2D eigenvalue weighted by Gasteiger charge is -2.05. The normalized spacial score (nSPS) is 13.2. The number of nitrogens with two attached hydrogens (primary N) is 4. The van der Waals surface area contributed by atoms with E-state index in [2.05, 4.69) is 30.6 Å². The van der Waals surface area contributed by atoms with Gasteiger partial charge in [0.2, 0.25) is 23.8 Å². The lowest BCUT2D eigenvalue weighted by Crippen LogP contribution is -2.26. The predicted molar refractivity (Wildman–Crippen MR) is 164 cm³/mol. The maximum atomic E-state index is 9.45. The van der Waals surface area contributed by atoms with E-state index < -0.39 is 12.1 Å². The van der Waals surface area contributed by atoms with Crippen molar-refractivity contribution >= 4 is 64.4 Å². The Morgan fingerprint density at radius 3 is 1.38 bits per heavy atom. The molecule has 0 saturated carbocycles. The number of carboxylic acids is 1. The summed E-state index contributed by atoms with van der Waals surface area (Å²) in [6.45, 7) is 2.32. The van der Waals surface area contributed by atoms with Gasteiger partial charge in [0.05, 0.1) is 0 Å². The van der Waals surface area contributed by atoms with Crippen LogP contribution in [0.4, 0.5) is 11.4 Å². The monoisotopic (exact) mass is 594 g/mol. The van der Waals surface area contributed by atoms with Crippen LogP contribution in [-0.2, 0) is 4.79 Å². The van der Waals surface area contributed by atoms with Gasteiger partial charge in [-0.3, -0.25) is 9.98 Å². The van der Waals surface area contributed by atoms with E-state index in [-0.39, 0.29) is 23.8 Å². The van der Waals surface area contributed by atoms with Crippen molar-refractivity contribution < 1.29 is 15.0 Å². The van der Waals surface area contributed by atoms with Crippen LogP contribution < -0.4 is 33.6 Å². The van der Waals surface area contributed by atoms with Gasteiger partial charge in [-0.25, -0.2) is 4.79 Å². The number of nitrogens with zero attached hydrogens (tertiary/aromatic N) is 4. The molecule has 2 aromatic carbocycles. The number of guanidine groups is 4. The third kappa shape index (κ3) is 16.7. The molecule has 0 saturated heterocycles. The van der Waals surface area contributed by atoms with Crippen LogP contribution in [0.5, 0.6) is 0 Å². The third-order valence-electron chi connectivity index (χ3n) is 4.67. The van der Waals surface area contributed by atoms with Gasteiger partial charge >= 0.3 is 5.97 Å². The second kappa shape index (κ2) is 19.1. The summed E-state index contributed by atoms with van der Waals surface area (Å²) in [5.41, 5.74) is 24.8. The zero-order valence-electron chi connectivity index (χ0n) is 22.1. The minimum Gasteiger partial charge on any atom is -0.479 e. The Hall–Kier alpha value is -4.07. The van der Waals surface area contributed by atoms with Crippen LogP contribution in [0.25, 0.3) is 0 Å². The number of rotatable bonds is 10. The molecule has 0 aliphatic carbocycles. The molecule has 0 aromatic heterocycles. The zero-order chi connectivity index (χ0) is 29.9. The Kier molecular flexibility index (Phi) is 16.2. The standard InChI is InChI=1S/C22H30Cl2N10.C3H6O3/c23-15-5-9-17(10-6-15)31-21(27)33-19(25)29-13-3-1-2-4-14-30-20(26)34-22(28)32-18-11-7-16(24)8-12-18;1-2(4)3(5)6/h5-12H,1-4,13-14H2,(H5,25,27,29,31,33)(H5,26,28,30,32,34);2,4H,1H3,(H,5,6). The number of aliphatic carboxylic acids is 1. The number of unbranched alkanes of at least 4 members (excludes halogenated alkanes) is 3. The van der Waals surface area contributed by atoms with Crippen LogP contribution in [0.15, 0.2) is 68.5 Å². The number of benzene rings is 2. The number of aliphatic imine (C=N–C) groups is 4. The second-order valence-corrected chi connectivity index (χ2v) is 9.04. The minimum atomic E-state index is -1.23. The van der Waals surface area contributed by atoms with Crippen LogP contribution in [0.2, 0.25) is 10.0 Å². The van der Waals surface area contributed by atoms with Crippen LogP contribution in [-0.4, -0.2) is 59.2 Å². The molecule has 0 spiro atoms. The zero-order valence-corrected chi connectivity index (χ0v) is 23.6. The van der Waals surface area contributed by atoms with Crippen LogP contribution in [0.1, 0.15) is 32.6 Å². The minimum absolute atomic E-state index is 0.124. The summed E-state index contributed by atoms with van der Waals surface area (Å²) >= 11 is 11.7. The number of hydrogen-bond acceptors (Lipinski definition) is 4. The SMILES string of the molecule is CC(O)C(=O)O.NC(=NCCCCCCN=C(N)/N=C(\N)Nc1ccc(Cl)cc1)/N=C(\N)Nc1ccc(Cl)cc1. The lowest BCUT2D eigenvalue weighted by atomic mass is 10.2. The molecule has 0 aliphatic heterocycles. The van der Waals surface area contributed by atoms with E-state index in [9.17, 15) is 4.79 Å². The van der Waals surface area contributed by atoms with Crippen molar-refractivity contribution in [1.29, 1.82) is 0 Å². The number of carboxylic acid groups (broad SMARTS) is 1. The fourth-order valence-electron chi connectivity index (χ4n) is 2.70. The fraction of sp³-hybridized carbons (Fsp3) is 0.320. The molecule has 1 unspecified atom stereocenters. The van der Waals surface area contributed by atoms with Crippen molar-refractivity contribution in [3.05, 3.63) is 58.6 Å². The first-order chi connectivity index (χ1) is 19.0. The number of anilines is 2. The third-order valence-corrected chi connectivity index (χ3v) is 5.18. The van der Waals surface area contributed by atoms with Gasteiger partial charge < -0.3 is 43.8 Å². The summed E-state index contributed by atoms with van der Waals surface area (Å²) in [6, 6.07) is 14.1. The fourth-order valence-corrected chi connectivity index (χ4v) is 2.95. The van der Waals surface area contributed by atoms with Gasteiger partial charge in [-0.2, -0.15) is 9.98 Å². The molecule has 0 fully saturated rings. The lowest BCUT2D eigenvalue weighted by molar-refractivity contribution is -0.145. The largest absolute Gasteiger partial charge is 0.479 e. The number of halogens is 2. The highest BCUT2D eigenvalue weighted by Crippen LogP contribution is 2.13. The molecule has 0 aliphatic rings. The topological polar surface area (TPSA) is 235 Å². The first-order valence-corrected chi connectivity index (χ1v) is 13.0. The van der Waals surface area contributed by atoms with Crippen molar-refractivity contribution in [1.82, 2.24) is 0 Å². The first-order valence-electron chi connectivity index (χ1n) is 12.2. The molecule has 2 rings (SSSR count). The number of hydrogen-bond donors (Lipinski definition) is 8. The van der Waals surface area contributed by atoms with Crippen LogP contribution >= 0.6 is 23.2 Å². The van der Waals surface area contributed by atoms with Crippen molar-refractivity contribution in [3.63, 3.8) is 0 Å². The second-order valence-electron chi connectivity index (χ2n) is 8.17. The molecular weight excluding hydrogens is 559 g/mol. The Labute approximate surface area is 243 Å². The van der Waals surface area contributed by atoms with E-state index in [0.717, 1.165) is 37.1 Å². The Morgan fingerprint density at radius 1 is 0.750 bits per heavy atom. The van der Waals surface area contributed by atoms with E-state index in [1.807, 2.05) is 0 Å². The molecule has 13 nitrogen and oxygen atoms in total. The summed E-state index contributed by atoms with van der Waals surface area (Å²) in [7, 11) is 0. The van der Waals surface area contributed by atoms with Crippen molar-refractivity contribution in [3.8, 4) is 0 Å². The molecule has 2 aromatic rings. The van der Waals surface area contributed by atoms with Gasteiger partial charge in [0.15, 0.2) is 0 Å². The molecule has 1 atom stereocenters. The van der Waals surface area contributed by atoms with Gasteiger partial charge in [-0.15, -0.1) is 0 Å². The smallest absolute Gasteiger partial charge is 0.332 e. The molecule has 15 heteroatoms. The Balaban J connectivity index is 0.00000120. The van der Waals surface area contributed by atoms with E-state index in [4.69, 9.17) is 56.3 Å². The van der Waals surface area contributed by atoms with Gasteiger partial charge in [0, 0.05) is 34.5 Å². The van der Waals surface area contributed by atoms with Gasteiger partial charge in [-0.05, 0) is 68.3 Å². The predicted octanol–water partition coefficient (Wildman–Crippen LogP) is 2.79. The summed E-state index contributed by atoms with van der Waals surface area (Å²) in [5.74, 6) is -0.621. The molecule has 0 heterocycles. The highest BCUT2D eigenvalue weighted by Gasteiger charge is 2.01. The van der Waals surface area contributed by atoms with E-state index in [1.54, 1.807) is 48.5 Å². The summed E-state index contributed by atoms with van der Waals surface area (Å²) < 4.78 is 0. The average Bonchev–Trinajstić information content (AvgIpc) is 2.88. The molecule has 40 heavy (non-hydrogen) atoms.